The molecule has 2 aliphatic rings. The van der Waals surface area contributed by atoms with E-state index in [0.29, 0.717) is 32.5 Å². The molecule has 0 bridgehead atoms. The maximum absolute atomic E-state index is 12.3. The monoisotopic (exact) mass is 506 g/mol. The first kappa shape index (κ1) is 23.4. The summed E-state index contributed by atoms with van der Waals surface area (Å²) in [5.74, 6) is 1.97. The molecule has 0 unspecified atom stereocenters. The zero-order chi connectivity index (χ0) is 23.8. The SMILES string of the molecule is C[C@@H](Nc1cc(N2CC([C@H]3CCCN(CCO)C3)C2)nc2no[n+]([O-])c12)c1ccc(Cl)cc1Cl. The Morgan fingerprint density at radius 2 is 2.09 bits per heavy atom. The van der Waals surface area contributed by atoms with Crippen molar-refractivity contribution in [1.82, 2.24) is 15.0 Å². The van der Waals surface area contributed by atoms with E-state index in [-0.39, 0.29) is 23.8 Å². The lowest BCUT2D eigenvalue weighted by molar-refractivity contribution is -0.781. The molecule has 0 aliphatic carbocycles. The van der Waals surface area contributed by atoms with Crippen LogP contribution in [0.2, 0.25) is 10.0 Å². The van der Waals surface area contributed by atoms with Gasteiger partial charge in [-0.3, -0.25) is 4.63 Å². The highest BCUT2D eigenvalue weighted by atomic mass is 35.5. The van der Waals surface area contributed by atoms with E-state index in [2.05, 4.69) is 25.3 Å². The summed E-state index contributed by atoms with van der Waals surface area (Å²) in [5.41, 5.74) is 1.97. The molecule has 11 heteroatoms. The molecule has 0 amide bonds. The molecule has 182 valence electrons. The van der Waals surface area contributed by atoms with Gasteiger partial charge in [0.2, 0.25) is 0 Å². The first-order valence-corrected chi connectivity index (χ1v) is 12.4. The molecule has 2 fully saturated rings. The Bertz CT molecular complexity index is 1170. The van der Waals surface area contributed by atoms with Gasteiger partial charge in [0.05, 0.1) is 23.5 Å². The molecule has 1 aromatic carbocycles. The van der Waals surface area contributed by atoms with Crippen molar-refractivity contribution in [3.8, 4) is 0 Å². The molecule has 2 aromatic heterocycles. The molecule has 2 saturated heterocycles. The van der Waals surface area contributed by atoms with Gasteiger partial charge in [0.1, 0.15) is 5.82 Å². The minimum Gasteiger partial charge on any atom is -0.395 e. The number of likely N-dealkylation sites (tertiary alicyclic amines) is 1. The predicted molar refractivity (Wildman–Crippen MR) is 131 cm³/mol. The summed E-state index contributed by atoms with van der Waals surface area (Å²) in [5, 5.41) is 29.9. The van der Waals surface area contributed by atoms with Crippen LogP contribution in [0.4, 0.5) is 11.5 Å². The summed E-state index contributed by atoms with van der Waals surface area (Å²) < 4.78 is 4.84. The zero-order valence-corrected chi connectivity index (χ0v) is 20.5. The zero-order valence-electron chi connectivity index (χ0n) is 19.0. The number of fused-ring (bicyclic) bond motifs is 1. The quantitative estimate of drug-likeness (QED) is 0.469. The third-order valence-corrected chi connectivity index (χ3v) is 7.57. The van der Waals surface area contributed by atoms with Gasteiger partial charge >= 0.3 is 5.65 Å². The molecular weight excluding hydrogens is 479 g/mol. The number of anilines is 2. The van der Waals surface area contributed by atoms with Gasteiger partial charge in [-0.05, 0) is 60.7 Å². The van der Waals surface area contributed by atoms with Crippen LogP contribution in [0.15, 0.2) is 28.9 Å². The number of nitrogens with zero attached hydrogens (tertiary/aromatic N) is 5. The van der Waals surface area contributed by atoms with E-state index in [4.69, 9.17) is 27.8 Å². The molecule has 2 aliphatic heterocycles. The fraction of sp³-hybridized carbons (Fsp3) is 0.522. The number of nitrogens with one attached hydrogen (secondary N) is 1. The van der Waals surface area contributed by atoms with E-state index in [0.717, 1.165) is 44.1 Å². The third kappa shape index (κ3) is 4.62. The van der Waals surface area contributed by atoms with Gasteiger partial charge in [0.15, 0.2) is 0 Å². The second kappa shape index (κ2) is 9.73. The molecule has 9 nitrogen and oxygen atoms in total. The van der Waals surface area contributed by atoms with E-state index < -0.39 is 0 Å². The Labute approximate surface area is 207 Å². The fourth-order valence-corrected chi connectivity index (χ4v) is 5.70. The van der Waals surface area contributed by atoms with Crippen LogP contribution in [0.5, 0.6) is 0 Å². The smallest absolute Gasteiger partial charge is 0.344 e. The summed E-state index contributed by atoms with van der Waals surface area (Å²) in [6.45, 7) is 6.84. The van der Waals surface area contributed by atoms with Crippen LogP contribution in [0, 0.1) is 17.0 Å². The first-order chi connectivity index (χ1) is 16.4. The van der Waals surface area contributed by atoms with Crippen LogP contribution in [0.1, 0.15) is 31.4 Å². The van der Waals surface area contributed by atoms with E-state index >= 15 is 0 Å². The normalized spacial score (nSPS) is 20.5. The van der Waals surface area contributed by atoms with Crippen molar-refractivity contribution in [2.24, 2.45) is 11.8 Å². The predicted octanol–water partition coefficient (Wildman–Crippen LogP) is 3.48. The highest BCUT2D eigenvalue weighted by Crippen LogP contribution is 2.36. The van der Waals surface area contributed by atoms with E-state index in [9.17, 15) is 10.3 Å². The van der Waals surface area contributed by atoms with Crippen LogP contribution in [0.3, 0.4) is 0 Å². The number of piperidine rings is 1. The number of hydrogen-bond acceptors (Lipinski definition) is 8. The van der Waals surface area contributed by atoms with Gasteiger partial charge in [-0.15, -0.1) is 0 Å². The molecule has 0 spiro atoms. The summed E-state index contributed by atoms with van der Waals surface area (Å²) >= 11 is 12.4. The lowest BCUT2D eigenvalue weighted by atomic mass is 9.80. The van der Waals surface area contributed by atoms with Gasteiger partial charge in [-0.25, -0.2) is 0 Å². The van der Waals surface area contributed by atoms with Gasteiger partial charge in [0.25, 0.3) is 5.52 Å². The van der Waals surface area contributed by atoms with Crippen molar-refractivity contribution in [3.63, 3.8) is 0 Å². The Hall–Kier alpha value is -2.33. The van der Waals surface area contributed by atoms with Crippen molar-refractivity contribution in [2.75, 3.05) is 49.5 Å². The minimum absolute atomic E-state index is 0.193. The van der Waals surface area contributed by atoms with E-state index in [1.807, 2.05) is 19.1 Å². The van der Waals surface area contributed by atoms with Crippen molar-refractivity contribution >= 4 is 45.9 Å². The first-order valence-electron chi connectivity index (χ1n) is 11.6. The van der Waals surface area contributed by atoms with Crippen molar-refractivity contribution in [2.45, 2.75) is 25.8 Å². The highest BCUT2D eigenvalue weighted by Gasteiger charge is 2.37. The Balaban J connectivity index is 1.34. The van der Waals surface area contributed by atoms with Crippen LogP contribution in [0.25, 0.3) is 11.2 Å². The van der Waals surface area contributed by atoms with Gasteiger partial charge < -0.3 is 25.4 Å². The largest absolute Gasteiger partial charge is 0.395 e. The number of halogens is 2. The van der Waals surface area contributed by atoms with Gasteiger partial charge in [-0.2, -0.15) is 4.98 Å². The minimum atomic E-state index is -0.193. The maximum Gasteiger partial charge on any atom is 0.344 e. The number of β-amino-alcohol motifs (C(OH)–C–C–N with tert-alkyl or cyclic N) is 1. The highest BCUT2D eigenvalue weighted by molar-refractivity contribution is 6.35. The molecule has 2 N–H and O–H groups in total. The number of aliphatic hydroxyl groups excluding tert-OH is 1. The molecule has 5 rings (SSSR count). The van der Waals surface area contributed by atoms with E-state index in [1.165, 1.54) is 12.8 Å². The summed E-state index contributed by atoms with van der Waals surface area (Å²) in [7, 11) is 0. The second-order valence-corrected chi connectivity index (χ2v) is 10.1. The number of rotatable bonds is 7. The Kier molecular flexibility index (Phi) is 6.70. The van der Waals surface area contributed by atoms with Gasteiger partial charge in [0, 0.05) is 42.3 Å². The van der Waals surface area contributed by atoms with Crippen LogP contribution in [-0.2, 0) is 0 Å². The topological polar surface area (TPSA) is 105 Å². The lowest BCUT2D eigenvalue weighted by Crippen LogP contribution is -2.54. The van der Waals surface area contributed by atoms with Crippen molar-refractivity contribution < 1.29 is 14.6 Å². The van der Waals surface area contributed by atoms with Crippen molar-refractivity contribution in [1.29, 1.82) is 0 Å². The lowest BCUT2D eigenvalue weighted by Gasteiger charge is -2.47. The number of pyridine rings is 1. The van der Waals surface area contributed by atoms with Gasteiger partial charge in [-0.1, -0.05) is 29.3 Å². The summed E-state index contributed by atoms with van der Waals surface area (Å²) in [6, 6.07) is 7.04. The molecule has 2 atom stereocenters. The number of benzene rings is 1. The van der Waals surface area contributed by atoms with E-state index in [1.54, 1.807) is 12.1 Å². The average molecular weight is 507 g/mol. The number of hydrogen-bond donors (Lipinski definition) is 2. The number of aliphatic hydroxyl groups is 1. The Morgan fingerprint density at radius 3 is 2.85 bits per heavy atom. The molecule has 0 radical (unpaired) electrons. The average Bonchev–Trinajstić information content (AvgIpc) is 3.14. The standard InChI is InChI=1S/C23H28Cl2N6O3/c1-14(18-5-4-17(24)9-19(18)25)26-20-10-21(27-23-22(20)31(33)34-28-23)30-12-16(13-30)15-3-2-6-29(11-15)7-8-32/h4-5,9-10,14-16,26,32H,2-3,6-8,11-13H2,1H3/t14-,15+/m1/s1. The fourth-order valence-electron chi connectivity index (χ4n) is 5.13. The second-order valence-electron chi connectivity index (χ2n) is 9.25. The Morgan fingerprint density at radius 1 is 1.26 bits per heavy atom. The molecule has 4 heterocycles. The van der Waals surface area contributed by atoms with Crippen molar-refractivity contribution in [3.05, 3.63) is 45.1 Å². The molecule has 3 aromatic rings. The molecular formula is C23H28Cl2N6O3. The van der Waals surface area contributed by atoms with Crippen LogP contribution >= 0.6 is 23.2 Å². The van der Waals surface area contributed by atoms with Crippen LogP contribution < -0.4 is 15.1 Å². The third-order valence-electron chi connectivity index (χ3n) is 7.00. The molecule has 0 saturated carbocycles. The molecule has 34 heavy (non-hydrogen) atoms. The van der Waals surface area contributed by atoms with Crippen LogP contribution in [-0.4, -0.2) is 59.5 Å². The number of aromatic nitrogens is 3. The maximum atomic E-state index is 12.3. The summed E-state index contributed by atoms with van der Waals surface area (Å²) in [4.78, 5) is 9.53. The summed E-state index contributed by atoms with van der Waals surface area (Å²) in [6.07, 6.45) is 2.39.